The van der Waals surface area contributed by atoms with E-state index in [-0.39, 0.29) is 0 Å². The van der Waals surface area contributed by atoms with E-state index in [1.54, 1.807) is 12.3 Å². The normalized spacial score (nSPS) is 16.9. The van der Waals surface area contributed by atoms with E-state index in [9.17, 15) is 0 Å². The second-order valence-electron chi connectivity index (χ2n) is 4.30. The maximum absolute atomic E-state index is 8.79. The minimum atomic E-state index is 0.396. The van der Waals surface area contributed by atoms with Crippen molar-refractivity contribution in [1.82, 2.24) is 4.98 Å². The second kappa shape index (κ2) is 3.71. The van der Waals surface area contributed by atoms with Crippen LogP contribution < -0.4 is 5.32 Å². The van der Waals surface area contributed by atoms with E-state index >= 15 is 0 Å². The Morgan fingerprint density at radius 2 is 2.40 bits per heavy atom. The number of anilines is 1. The summed E-state index contributed by atoms with van der Waals surface area (Å²) in [5.74, 6) is 0.615. The summed E-state index contributed by atoms with van der Waals surface area (Å²) in [6, 6.07) is 3.65. The van der Waals surface area contributed by atoms with Gasteiger partial charge >= 0.3 is 0 Å². The van der Waals surface area contributed by atoms with Gasteiger partial charge in [0.25, 0.3) is 0 Å². The highest BCUT2D eigenvalue weighted by atomic mass is 35.5. The molecule has 2 rings (SSSR count). The molecule has 0 aromatic carbocycles. The molecule has 0 unspecified atom stereocenters. The molecule has 1 N–H and O–H groups in total. The zero-order chi connectivity index (χ0) is 10.9. The van der Waals surface area contributed by atoms with Gasteiger partial charge in [0, 0.05) is 12.7 Å². The lowest BCUT2D eigenvalue weighted by atomic mass is 10.1. The topological polar surface area (TPSA) is 48.7 Å². The van der Waals surface area contributed by atoms with Crippen LogP contribution in [0.1, 0.15) is 25.3 Å². The molecule has 0 aliphatic heterocycles. The Morgan fingerprint density at radius 1 is 1.67 bits per heavy atom. The molecule has 1 saturated carbocycles. The molecular formula is C11H12ClN3. The molecule has 0 radical (unpaired) electrons. The summed E-state index contributed by atoms with van der Waals surface area (Å²) >= 11 is 6.01. The first kappa shape index (κ1) is 10.3. The van der Waals surface area contributed by atoms with Gasteiger partial charge in [-0.05, 0) is 24.3 Å². The van der Waals surface area contributed by atoms with Gasteiger partial charge in [0.1, 0.15) is 16.9 Å². The largest absolute Gasteiger partial charge is 0.368 e. The van der Waals surface area contributed by atoms with E-state index in [4.69, 9.17) is 16.9 Å². The lowest BCUT2D eigenvalue weighted by Gasteiger charge is -2.11. The van der Waals surface area contributed by atoms with Crippen LogP contribution in [0, 0.1) is 16.7 Å². The summed E-state index contributed by atoms with van der Waals surface area (Å²) in [4.78, 5) is 4.12. The van der Waals surface area contributed by atoms with Gasteiger partial charge in [-0.15, -0.1) is 0 Å². The molecule has 1 heterocycles. The Morgan fingerprint density at radius 3 is 3.00 bits per heavy atom. The maximum Gasteiger partial charge on any atom is 0.146 e. The van der Waals surface area contributed by atoms with Crippen LogP contribution >= 0.6 is 11.6 Å². The summed E-state index contributed by atoms with van der Waals surface area (Å²) in [5.41, 5.74) is 0.864. The zero-order valence-corrected chi connectivity index (χ0v) is 9.30. The number of nitrogens with one attached hydrogen (secondary N) is 1. The van der Waals surface area contributed by atoms with Crippen molar-refractivity contribution in [3.63, 3.8) is 0 Å². The highest BCUT2D eigenvalue weighted by Gasteiger charge is 2.36. The van der Waals surface area contributed by atoms with Crippen molar-refractivity contribution in [3.8, 4) is 6.07 Å². The van der Waals surface area contributed by atoms with Crippen LogP contribution in [0.3, 0.4) is 0 Å². The monoisotopic (exact) mass is 221 g/mol. The lowest BCUT2D eigenvalue weighted by Crippen LogP contribution is -2.13. The molecule has 0 saturated heterocycles. The first-order valence-corrected chi connectivity index (χ1v) is 5.31. The standard InChI is InChI=1S/C11H12ClN3/c1-11(3-4-11)7-15-10-9(12)8(6-13)2-5-14-10/h2,5H,3-4,7H2,1H3,(H,14,15). The van der Waals surface area contributed by atoms with E-state index < -0.39 is 0 Å². The Balaban J connectivity index is 2.11. The van der Waals surface area contributed by atoms with Crippen LogP contribution in [-0.2, 0) is 0 Å². The van der Waals surface area contributed by atoms with Crippen molar-refractivity contribution in [2.24, 2.45) is 5.41 Å². The Kier molecular flexibility index (Phi) is 2.54. The molecule has 78 valence electrons. The average molecular weight is 222 g/mol. The van der Waals surface area contributed by atoms with E-state index in [0.29, 0.717) is 21.8 Å². The summed E-state index contributed by atoms with van der Waals surface area (Å²) in [6.07, 6.45) is 4.09. The van der Waals surface area contributed by atoms with Gasteiger partial charge in [-0.2, -0.15) is 5.26 Å². The summed E-state index contributed by atoms with van der Waals surface area (Å²) < 4.78 is 0. The molecular weight excluding hydrogens is 210 g/mol. The molecule has 0 bridgehead atoms. The predicted octanol–water partition coefficient (Wildman–Crippen LogP) is 2.82. The fourth-order valence-corrected chi connectivity index (χ4v) is 1.56. The first-order chi connectivity index (χ1) is 7.14. The van der Waals surface area contributed by atoms with Gasteiger partial charge < -0.3 is 5.32 Å². The van der Waals surface area contributed by atoms with Crippen molar-refractivity contribution in [2.45, 2.75) is 19.8 Å². The molecule has 3 nitrogen and oxygen atoms in total. The van der Waals surface area contributed by atoms with E-state index in [1.807, 2.05) is 6.07 Å². The molecule has 0 atom stereocenters. The van der Waals surface area contributed by atoms with Crippen molar-refractivity contribution in [1.29, 1.82) is 5.26 Å². The maximum atomic E-state index is 8.79. The van der Waals surface area contributed by atoms with Gasteiger partial charge in [0.15, 0.2) is 0 Å². The molecule has 0 spiro atoms. The molecule has 4 heteroatoms. The molecule has 1 aliphatic carbocycles. The zero-order valence-electron chi connectivity index (χ0n) is 8.55. The minimum Gasteiger partial charge on any atom is -0.368 e. The molecule has 15 heavy (non-hydrogen) atoms. The molecule has 1 aromatic heterocycles. The third kappa shape index (κ3) is 2.21. The van der Waals surface area contributed by atoms with Gasteiger partial charge in [-0.1, -0.05) is 18.5 Å². The average Bonchev–Trinajstić information content (AvgIpc) is 2.96. The highest BCUT2D eigenvalue weighted by Crippen LogP contribution is 2.44. The number of halogens is 1. The molecule has 1 aliphatic rings. The fraction of sp³-hybridized carbons (Fsp3) is 0.455. The number of rotatable bonds is 3. The van der Waals surface area contributed by atoms with Gasteiger partial charge in [-0.25, -0.2) is 4.98 Å². The summed E-state index contributed by atoms with van der Waals surface area (Å²) in [6.45, 7) is 3.09. The van der Waals surface area contributed by atoms with E-state index in [1.165, 1.54) is 12.8 Å². The quantitative estimate of drug-likeness (QED) is 0.854. The Hall–Kier alpha value is -1.27. The van der Waals surface area contributed by atoms with E-state index in [2.05, 4.69) is 17.2 Å². The van der Waals surface area contributed by atoms with Crippen molar-refractivity contribution >= 4 is 17.4 Å². The Bertz CT molecular complexity index is 418. The predicted molar refractivity (Wildman–Crippen MR) is 59.8 cm³/mol. The van der Waals surface area contributed by atoms with Crippen LogP contribution in [0.5, 0.6) is 0 Å². The Labute approximate surface area is 94.1 Å². The van der Waals surface area contributed by atoms with Crippen LogP contribution in [0.25, 0.3) is 0 Å². The molecule has 1 fully saturated rings. The highest BCUT2D eigenvalue weighted by molar-refractivity contribution is 6.34. The number of aromatic nitrogens is 1. The third-order valence-corrected chi connectivity index (χ3v) is 3.18. The van der Waals surface area contributed by atoms with Gasteiger partial charge in [-0.3, -0.25) is 0 Å². The number of pyridine rings is 1. The van der Waals surface area contributed by atoms with Crippen molar-refractivity contribution in [2.75, 3.05) is 11.9 Å². The number of nitriles is 1. The molecule has 0 amide bonds. The molecule has 1 aromatic rings. The minimum absolute atomic E-state index is 0.396. The summed E-state index contributed by atoms with van der Waals surface area (Å²) in [5, 5.41) is 12.4. The SMILES string of the molecule is CC1(CNc2nccc(C#N)c2Cl)CC1. The van der Waals surface area contributed by atoms with Crippen LogP contribution in [0.4, 0.5) is 5.82 Å². The number of hydrogen-bond acceptors (Lipinski definition) is 3. The number of nitrogens with zero attached hydrogens (tertiary/aromatic N) is 2. The van der Waals surface area contributed by atoms with E-state index in [0.717, 1.165) is 6.54 Å². The van der Waals surface area contributed by atoms with Crippen LogP contribution in [0.2, 0.25) is 5.02 Å². The van der Waals surface area contributed by atoms with Crippen molar-refractivity contribution < 1.29 is 0 Å². The third-order valence-electron chi connectivity index (χ3n) is 2.80. The lowest BCUT2D eigenvalue weighted by molar-refractivity contribution is 0.609. The first-order valence-electron chi connectivity index (χ1n) is 4.93. The van der Waals surface area contributed by atoms with Gasteiger partial charge in [0.2, 0.25) is 0 Å². The second-order valence-corrected chi connectivity index (χ2v) is 4.68. The van der Waals surface area contributed by atoms with Crippen LogP contribution in [-0.4, -0.2) is 11.5 Å². The van der Waals surface area contributed by atoms with Crippen molar-refractivity contribution in [3.05, 3.63) is 22.8 Å². The summed E-state index contributed by atoms with van der Waals surface area (Å²) in [7, 11) is 0. The van der Waals surface area contributed by atoms with Gasteiger partial charge in [0.05, 0.1) is 5.56 Å². The smallest absolute Gasteiger partial charge is 0.146 e. The van der Waals surface area contributed by atoms with Crippen LogP contribution in [0.15, 0.2) is 12.3 Å². The fourth-order valence-electron chi connectivity index (χ4n) is 1.34. The number of hydrogen-bond donors (Lipinski definition) is 1.